The van der Waals surface area contributed by atoms with Crippen LogP contribution in [0.25, 0.3) is 0 Å². The second kappa shape index (κ2) is 7.04. The van der Waals surface area contributed by atoms with E-state index in [1.807, 2.05) is 0 Å². The molecule has 1 nitrogen and oxygen atoms in total. The van der Waals surface area contributed by atoms with Gasteiger partial charge in [0.05, 0.1) is 0 Å². The van der Waals surface area contributed by atoms with Crippen LogP contribution in [0.4, 0.5) is 0 Å². The maximum absolute atomic E-state index is 2.83. The van der Waals surface area contributed by atoms with Crippen molar-refractivity contribution < 1.29 is 0 Å². The van der Waals surface area contributed by atoms with Gasteiger partial charge in [0.1, 0.15) is 0 Å². The molecule has 17 heavy (non-hydrogen) atoms. The van der Waals surface area contributed by atoms with E-state index in [4.69, 9.17) is 0 Å². The van der Waals surface area contributed by atoms with Crippen LogP contribution in [-0.2, 0) is 0 Å². The summed E-state index contributed by atoms with van der Waals surface area (Å²) in [5.41, 5.74) is 0. The van der Waals surface area contributed by atoms with Crippen molar-refractivity contribution in [1.29, 1.82) is 0 Å². The van der Waals surface area contributed by atoms with Gasteiger partial charge in [-0.25, -0.2) is 0 Å². The number of rotatable bonds is 5. The summed E-state index contributed by atoms with van der Waals surface area (Å²) in [7, 11) is 0. The minimum Gasteiger partial charge on any atom is -0.293 e. The van der Waals surface area contributed by atoms with Crippen LogP contribution in [0.2, 0.25) is 0 Å². The zero-order valence-electron chi connectivity index (χ0n) is 12.6. The summed E-state index contributed by atoms with van der Waals surface area (Å²) in [6.45, 7) is 14.3. The normalized spacial score (nSPS) is 35.5. The standard InChI is InChI=1S/C15H31NS/c1-7-9-15(10-8-2)16-11(3)13(5)17-14(6)12(16)4/h11-15H,7-10H2,1-6H3. The first kappa shape index (κ1) is 15.4. The van der Waals surface area contributed by atoms with Crippen molar-refractivity contribution in [2.45, 2.75) is 95.9 Å². The molecule has 2 heteroatoms. The largest absolute Gasteiger partial charge is 0.293 e. The van der Waals surface area contributed by atoms with Crippen LogP contribution in [0.1, 0.15) is 67.2 Å². The lowest BCUT2D eigenvalue weighted by Crippen LogP contribution is -2.57. The molecular formula is C15H31NS. The van der Waals surface area contributed by atoms with Crippen molar-refractivity contribution >= 4 is 11.8 Å². The van der Waals surface area contributed by atoms with Gasteiger partial charge < -0.3 is 0 Å². The van der Waals surface area contributed by atoms with Crippen molar-refractivity contribution in [3.8, 4) is 0 Å². The third-order valence-corrected chi connectivity index (χ3v) is 6.04. The fourth-order valence-corrected chi connectivity index (χ4v) is 4.61. The number of hydrogen-bond donors (Lipinski definition) is 0. The second-order valence-electron chi connectivity index (χ2n) is 5.71. The van der Waals surface area contributed by atoms with Crippen LogP contribution in [0, 0.1) is 0 Å². The Morgan fingerprint density at radius 3 is 1.65 bits per heavy atom. The van der Waals surface area contributed by atoms with Crippen LogP contribution in [0.3, 0.4) is 0 Å². The summed E-state index contributed by atoms with van der Waals surface area (Å²) >= 11 is 2.17. The molecule has 0 radical (unpaired) electrons. The molecule has 102 valence electrons. The third-order valence-electron chi connectivity index (χ3n) is 4.39. The average Bonchev–Trinajstić information content (AvgIpc) is 2.27. The maximum atomic E-state index is 2.83. The Balaban J connectivity index is 2.80. The van der Waals surface area contributed by atoms with E-state index in [1.54, 1.807) is 0 Å². The van der Waals surface area contributed by atoms with E-state index in [9.17, 15) is 0 Å². The van der Waals surface area contributed by atoms with E-state index < -0.39 is 0 Å². The van der Waals surface area contributed by atoms with Crippen LogP contribution < -0.4 is 0 Å². The van der Waals surface area contributed by atoms with Gasteiger partial charge in [-0.1, -0.05) is 40.5 Å². The van der Waals surface area contributed by atoms with Crippen LogP contribution >= 0.6 is 11.8 Å². The van der Waals surface area contributed by atoms with Crippen molar-refractivity contribution in [2.75, 3.05) is 0 Å². The number of thioether (sulfide) groups is 1. The number of hydrogen-bond acceptors (Lipinski definition) is 2. The molecule has 0 bridgehead atoms. The fraction of sp³-hybridized carbons (Fsp3) is 1.00. The zero-order chi connectivity index (χ0) is 13.0. The van der Waals surface area contributed by atoms with E-state index in [0.29, 0.717) is 0 Å². The molecule has 0 aliphatic carbocycles. The summed E-state index contributed by atoms with van der Waals surface area (Å²) in [6, 6.07) is 2.27. The molecule has 0 saturated carbocycles. The summed E-state index contributed by atoms with van der Waals surface area (Å²) in [5.74, 6) is 0. The summed E-state index contributed by atoms with van der Waals surface area (Å²) in [6.07, 6.45) is 5.37. The fourth-order valence-electron chi connectivity index (χ4n) is 3.20. The van der Waals surface area contributed by atoms with E-state index in [-0.39, 0.29) is 0 Å². The van der Waals surface area contributed by atoms with E-state index in [1.165, 1.54) is 25.7 Å². The van der Waals surface area contributed by atoms with Crippen LogP contribution in [0.5, 0.6) is 0 Å². The first-order valence-corrected chi connectivity index (χ1v) is 8.40. The van der Waals surface area contributed by atoms with E-state index >= 15 is 0 Å². The van der Waals surface area contributed by atoms with Gasteiger partial charge in [-0.3, -0.25) is 4.90 Å². The summed E-state index contributed by atoms with van der Waals surface area (Å²) in [4.78, 5) is 2.83. The predicted molar refractivity (Wildman–Crippen MR) is 80.9 cm³/mol. The third kappa shape index (κ3) is 3.64. The Hall–Kier alpha value is 0.310. The highest BCUT2D eigenvalue weighted by Crippen LogP contribution is 2.36. The lowest BCUT2D eigenvalue weighted by atomic mass is 9.98. The molecule has 1 heterocycles. The smallest absolute Gasteiger partial charge is 0.0190 e. The quantitative estimate of drug-likeness (QED) is 0.710. The molecule has 0 amide bonds. The van der Waals surface area contributed by atoms with Crippen molar-refractivity contribution in [1.82, 2.24) is 4.90 Å². The van der Waals surface area contributed by atoms with Gasteiger partial charge in [0.25, 0.3) is 0 Å². The van der Waals surface area contributed by atoms with E-state index in [2.05, 4.69) is 58.2 Å². The molecule has 0 aromatic carbocycles. The highest BCUT2D eigenvalue weighted by atomic mass is 32.2. The Morgan fingerprint density at radius 1 is 0.882 bits per heavy atom. The Kier molecular flexibility index (Phi) is 6.36. The summed E-state index contributed by atoms with van der Waals surface area (Å²) < 4.78 is 0. The van der Waals surface area contributed by atoms with Crippen molar-refractivity contribution in [2.24, 2.45) is 0 Å². The topological polar surface area (TPSA) is 3.24 Å². The molecule has 1 rings (SSSR count). The van der Waals surface area contributed by atoms with Gasteiger partial charge in [-0.15, -0.1) is 0 Å². The van der Waals surface area contributed by atoms with Gasteiger partial charge in [0.15, 0.2) is 0 Å². The van der Waals surface area contributed by atoms with Crippen molar-refractivity contribution in [3.05, 3.63) is 0 Å². The molecule has 1 aliphatic rings. The lowest BCUT2D eigenvalue weighted by Gasteiger charge is -2.49. The first-order valence-electron chi connectivity index (χ1n) is 7.45. The lowest BCUT2D eigenvalue weighted by molar-refractivity contribution is 0.0751. The molecule has 4 unspecified atom stereocenters. The monoisotopic (exact) mass is 257 g/mol. The average molecular weight is 257 g/mol. The Morgan fingerprint density at radius 2 is 1.29 bits per heavy atom. The van der Waals surface area contributed by atoms with Crippen molar-refractivity contribution in [3.63, 3.8) is 0 Å². The van der Waals surface area contributed by atoms with E-state index in [0.717, 1.165) is 28.6 Å². The number of nitrogens with zero attached hydrogens (tertiary/aromatic N) is 1. The maximum Gasteiger partial charge on any atom is 0.0190 e. The van der Waals surface area contributed by atoms with Gasteiger partial charge in [0, 0.05) is 28.6 Å². The van der Waals surface area contributed by atoms with Gasteiger partial charge in [0.2, 0.25) is 0 Å². The van der Waals surface area contributed by atoms with Crippen LogP contribution in [0.15, 0.2) is 0 Å². The van der Waals surface area contributed by atoms with Gasteiger partial charge in [-0.2, -0.15) is 11.8 Å². The predicted octanol–water partition coefficient (Wildman–Crippen LogP) is 4.56. The first-order chi connectivity index (χ1) is 8.02. The molecule has 0 aromatic rings. The Labute approximate surface area is 113 Å². The SMILES string of the molecule is CCCC(CCC)N1C(C)C(C)SC(C)C1C. The molecule has 1 aliphatic heterocycles. The highest BCUT2D eigenvalue weighted by molar-refractivity contribution is 8.00. The van der Waals surface area contributed by atoms with Gasteiger partial charge >= 0.3 is 0 Å². The molecule has 1 fully saturated rings. The molecule has 0 N–H and O–H groups in total. The molecular weight excluding hydrogens is 226 g/mol. The second-order valence-corrected chi connectivity index (χ2v) is 7.47. The molecule has 0 aromatic heterocycles. The van der Waals surface area contributed by atoms with Gasteiger partial charge in [-0.05, 0) is 26.7 Å². The molecule has 0 spiro atoms. The minimum atomic E-state index is 0.731. The highest BCUT2D eigenvalue weighted by Gasteiger charge is 2.38. The van der Waals surface area contributed by atoms with Crippen LogP contribution in [-0.4, -0.2) is 33.5 Å². The Bertz CT molecular complexity index is 199. The zero-order valence-corrected chi connectivity index (χ0v) is 13.4. The minimum absolute atomic E-state index is 0.731. The molecule has 4 atom stereocenters. The molecule has 1 saturated heterocycles. The summed E-state index contributed by atoms with van der Waals surface area (Å²) in [5, 5.41) is 1.55.